The van der Waals surface area contributed by atoms with Crippen LogP contribution in [0.25, 0.3) is 0 Å². The van der Waals surface area contributed by atoms with Gasteiger partial charge >= 0.3 is 0 Å². The monoisotopic (exact) mass is 204 g/mol. The minimum absolute atomic E-state index is 0.0295. The van der Waals surface area contributed by atoms with Gasteiger partial charge in [-0.2, -0.15) is 0 Å². The molecule has 0 aromatic carbocycles. The zero-order valence-corrected chi connectivity index (χ0v) is 9.09. The van der Waals surface area contributed by atoms with E-state index in [2.05, 4.69) is 30.4 Å². The van der Waals surface area contributed by atoms with Gasteiger partial charge in [0.05, 0.1) is 10.2 Å². The topological polar surface area (TPSA) is 20.2 Å². The Kier molecular flexibility index (Phi) is 2.64. The highest BCUT2D eigenvalue weighted by molar-refractivity contribution is 8.18. The maximum atomic E-state index is 9.59. The van der Waals surface area contributed by atoms with Gasteiger partial charge in [0.1, 0.15) is 0 Å². The van der Waals surface area contributed by atoms with Crippen LogP contribution in [-0.4, -0.2) is 26.8 Å². The highest BCUT2D eigenvalue weighted by atomic mass is 32.2. The SMILES string of the molecule is CC1CC(O)CC12SCCCS2. The van der Waals surface area contributed by atoms with Crippen molar-refractivity contribution in [3.63, 3.8) is 0 Å². The summed E-state index contributed by atoms with van der Waals surface area (Å²) in [6.07, 6.45) is 3.35. The summed E-state index contributed by atoms with van der Waals surface area (Å²) in [7, 11) is 0. The first-order chi connectivity index (χ1) is 5.73. The van der Waals surface area contributed by atoms with Crippen molar-refractivity contribution in [3.8, 4) is 0 Å². The predicted molar refractivity (Wildman–Crippen MR) is 56.7 cm³/mol. The van der Waals surface area contributed by atoms with E-state index in [0.717, 1.165) is 12.8 Å². The van der Waals surface area contributed by atoms with Gasteiger partial charge in [0.15, 0.2) is 0 Å². The molecule has 2 aliphatic rings. The first-order valence-electron chi connectivity index (χ1n) is 4.69. The van der Waals surface area contributed by atoms with Crippen LogP contribution >= 0.6 is 23.5 Å². The lowest BCUT2D eigenvalue weighted by Gasteiger charge is -2.35. The number of hydrogen-bond donors (Lipinski definition) is 1. The Bertz CT molecular complexity index is 166. The van der Waals surface area contributed by atoms with Crippen LogP contribution in [0.2, 0.25) is 0 Å². The maximum Gasteiger partial charge on any atom is 0.0661 e. The summed E-state index contributed by atoms with van der Waals surface area (Å²) in [6, 6.07) is 0. The number of thioether (sulfide) groups is 2. The summed E-state index contributed by atoms with van der Waals surface area (Å²) >= 11 is 4.18. The molecule has 0 amide bonds. The van der Waals surface area contributed by atoms with E-state index in [1.807, 2.05) is 0 Å². The number of aliphatic hydroxyl groups excluding tert-OH is 1. The van der Waals surface area contributed by atoms with Crippen molar-refractivity contribution in [2.75, 3.05) is 11.5 Å². The van der Waals surface area contributed by atoms with Crippen LogP contribution in [0.15, 0.2) is 0 Å². The molecule has 2 fully saturated rings. The summed E-state index contributed by atoms with van der Waals surface area (Å²) in [5, 5.41) is 9.59. The van der Waals surface area contributed by atoms with E-state index in [4.69, 9.17) is 0 Å². The lowest BCUT2D eigenvalue weighted by Crippen LogP contribution is -2.28. The molecule has 0 radical (unpaired) electrons. The van der Waals surface area contributed by atoms with Crippen molar-refractivity contribution in [3.05, 3.63) is 0 Å². The molecule has 0 bridgehead atoms. The average Bonchev–Trinajstić information content (AvgIpc) is 2.29. The van der Waals surface area contributed by atoms with E-state index in [-0.39, 0.29) is 6.10 Å². The van der Waals surface area contributed by atoms with Crippen molar-refractivity contribution in [1.29, 1.82) is 0 Å². The molecule has 1 aliphatic heterocycles. The second-order valence-corrected chi connectivity index (χ2v) is 6.97. The molecule has 1 saturated heterocycles. The van der Waals surface area contributed by atoms with Gasteiger partial charge < -0.3 is 5.11 Å². The van der Waals surface area contributed by atoms with Crippen LogP contribution in [0, 0.1) is 5.92 Å². The summed E-state index contributed by atoms with van der Waals surface area (Å²) in [6.45, 7) is 2.29. The fourth-order valence-corrected chi connectivity index (χ4v) is 5.86. The molecule has 1 spiro atoms. The average molecular weight is 204 g/mol. The van der Waals surface area contributed by atoms with Gasteiger partial charge in [-0.25, -0.2) is 0 Å². The maximum absolute atomic E-state index is 9.59. The minimum atomic E-state index is -0.0295. The molecule has 70 valence electrons. The molecule has 0 aromatic heterocycles. The summed E-state index contributed by atoms with van der Waals surface area (Å²) in [5.74, 6) is 3.29. The Labute approximate surface area is 82.7 Å². The molecule has 1 N–H and O–H groups in total. The smallest absolute Gasteiger partial charge is 0.0661 e. The molecule has 1 nitrogen and oxygen atoms in total. The van der Waals surface area contributed by atoms with Crippen molar-refractivity contribution in [2.24, 2.45) is 5.92 Å². The first kappa shape index (κ1) is 9.22. The number of hydrogen-bond acceptors (Lipinski definition) is 3. The van der Waals surface area contributed by atoms with E-state index >= 15 is 0 Å². The van der Waals surface area contributed by atoms with E-state index in [1.54, 1.807) is 0 Å². The third kappa shape index (κ3) is 1.51. The highest BCUT2D eigenvalue weighted by Gasteiger charge is 2.46. The lowest BCUT2D eigenvalue weighted by atomic mass is 10.1. The zero-order valence-electron chi connectivity index (χ0n) is 7.45. The van der Waals surface area contributed by atoms with Gasteiger partial charge in [-0.1, -0.05) is 6.92 Å². The van der Waals surface area contributed by atoms with Crippen LogP contribution in [0.3, 0.4) is 0 Å². The van der Waals surface area contributed by atoms with Crippen LogP contribution in [0.4, 0.5) is 0 Å². The molecular formula is C9H16OS2. The highest BCUT2D eigenvalue weighted by Crippen LogP contribution is 2.55. The third-order valence-electron chi connectivity index (χ3n) is 2.88. The molecule has 2 rings (SSSR count). The van der Waals surface area contributed by atoms with Gasteiger partial charge in [-0.15, -0.1) is 23.5 Å². The number of rotatable bonds is 0. The van der Waals surface area contributed by atoms with Gasteiger partial charge in [0.25, 0.3) is 0 Å². The van der Waals surface area contributed by atoms with Crippen LogP contribution in [-0.2, 0) is 0 Å². The Hall–Kier alpha value is 0.660. The normalized spacial score (nSPS) is 40.5. The largest absolute Gasteiger partial charge is 0.393 e. The van der Waals surface area contributed by atoms with Gasteiger partial charge in [-0.3, -0.25) is 0 Å². The molecule has 2 unspecified atom stereocenters. The molecule has 1 aliphatic carbocycles. The fourth-order valence-electron chi connectivity index (χ4n) is 2.19. The molecule has 1 heterocycles. The van der Waals surface area contributed by atoms with E-state index < -0.39 is 0 Å². The van der Waals surface area contributed by atoms with Crippen molar-refractivity contribution in [1.82, 2.24) is 0 Å². The zero-order chi connectivity index (χ0) is 8.60. The predicted octanol–water partition coefficient (Wildman–Crippen LogP) is 2.34. The second-order valence-electron chi connectivity index (χ2n) is 3.86. The Morgan fingerprint density at radius 3 is 2.50 bits per heavy atom. The second kappa shape index (κ2) is 3.43. The Morgan fingerprint density at radius 1 is 1.33 bits per heavy atom. The van der Waals surface area contributed by atoms with Crippen LogP contribution < -0.4 is 0 Å². The van der Waals surface area contributed by atoms with E-state index in [1.165, 1.54) is 17.9 Å². The standard InChI is InChI=1S/C9H16OS2/c1-7-5-8(10)6-9(7)11-3-2-4-12-9/h7-8,10H,2-6H2,1H3. The lowest BCUT2D eigenvalue weighted by molar-refractivity contribution is 0.178. The van der Waals surface area contributed by atoms with Crippen molar-refractivity contribution in [2.45, 2.75) is 36.4 Å². The van der Waals surface area contributed by atoms with E-state index in [0.29, 0.717) is 10.00 Å². The summed E-state index contributed by atoms with van der Waals surface area (Å²) < 4.78 is 0.387. The fraction of sp³-hybridized carbons (Fsp3) is 1.00. The van der Waals surface area contributed by atoms with Crippen molar-refractivity contribution < 1.29 is 5.11 Å². The summed E-state index contributed by atoms with van der Waals surface area (Å²) in [5.41, 5.74) is 0. The first-order valence-corrected chi connectivity index (χ1v) is 6.66. The van der Waals surface area contributed by atoms with Crippen molar-refractivity contribution >= 4 is 23.5 Å². The van der Waals surface area contributed by atoms with E-state index in [9.17, 15) is 5.11 Å². The third-order valence-corrected chi connectivity index (χ3v) is 6.69. The molecule has 2 atom stereocenters. The summed E-state index contributed by atoms with van der Waals surface area (Å²) in [4.78, 5) is 0. The Morgan fingerprint density at radius 2 is 2.00 bits per heavy atom. The molecule has 1 saturated carbocycles. The minimum Gasteiger partial charge on any atom is -0.393 e. The molecule has 3 heteroatoms. The number of aliphatic hydroxyl groups is 1. The van der Waals surface area contributed by atoms with Crippen LogP contribution in [0.5, 0.6) is 0 Å². The van der Waals surface area contributed by atoms with Crippen LogP contribution in [0.1, 0.15) is 26.2 Å². The molecule has 0 aromatic rings. The van der Waals surface area contributed by atoms with Gasteiger partial charge in [0.2, 0.25) is 0 Å². The molecule has 12 heavy (non-hydrogen) atoms. The Balaban J connectivity index is 2.08. The van der Waals surface area contributed by atoms with Gasteiger partial charge in [0, 0.05) is 0 Å². The quantitative estimate of drug-likeness (QED) is 0.654. The van der Waals surface area contributed by atoms with Gasteiger partial charge in [-0.05, 0) is 36.7 Å². The molecular weight excluding hydrogens is 188 g/mol.